The molecule has 3 aromatic carbocycles. The molecular formula is C45H49ClN8O3. The number of aromatic amines is 2. The number of hydrogen-bond acceptors (Lipinski definition) is 6. The van der Waals surface area contributed by atoms with E-state index in [9.17, 15) is 14.4 Å². The predicted octanol–water partition coefficient (Wildman–Crippen LogP) is 7.80. The van der Waals surface area contributed by atoms with Crippen LogP contribution in [-0.2, 0) is 20.9 Å². The quantitative estimate of drug-likeness (QED) is 0.0930. The molecule has 3 N–H and O–H groups in total. The van der Waals surface area contributed by atoms with Gasteiger partial charge in [-0.05, 0) is 85.7 Å². The first kappa shape index (κ1) is 39.5. The van der Waals surface area contributed by atoms with Crippen LogP contribution in [0.1, 0.15) is 68.3 Å². The van der Waals surface area contributed by atoms with Crippen molar-refractivity contribution >= 4 is 29.8 Å². The summed E-state index contributed by atoms with van der Waals surface area (Å²) < 4.78 is 0. The van der Waals surface area contributed by atoms with Gasteiger partial charge in [-0.25, -0.2) is 9.97 Å². The molecule has 2 aliphatic rings. The van der Waals surface area contributed by atoms with Gasteiger partial charge < -0.3 is 25.1 Å². The number of likely N-dealkylation sites (N-methyl/N-ethyl adjacent to an activating group) is 1. The van der Waals surface area contributed by atoms with E-state index in [2.05, 4.69) is 81.8 Å². The average molecular weight is 785 g/mol. The molecule has 294 valence electrons. The Morgan fingerprint density at radius 2 is 1.58 bits per heavy atom. The third-order valence-electron chi connectivity index (χ3n) is 10.8. The topological polar surface area (TPSA) is 130 Å². The van der Waals surface area contributed by atoms with Crippen molar-refractivity contribution in [2.75, 3.05) is 27.2 Å². The number of likely N-dealkylation sites (tertiary alicyclic amines) is 1. The largest absolute Gasteiger partial charge is 0.343 e. The van der Waals surface area contributed by atoms with Crippen molar-refractivity contribution in [1.29, 1.82) is 0 Å². The Labute approximate surface area is 338 Å². The predicted molar refractivity (Wildman–Crippen MR) is 224 cm³/mol. The second-order valence-corrected chi connectivity index (χ2v) is 15.2. The van der Waals surface area contributed by atoms with Gasteiger partial charge in [0.15, 0.2) is 0 Å². The van der Waals surface area contributed by atoms with Crippen LogP contribution in [0.3, 0.4) is 0 Å². The normalized spacial score (nSPS) is 16.5. The first-order valence-corrected chi connectivity index (χ1v) is 20.0. The maximum atomic E-state index is 13.9. The Hall–Kier alpha value is -5.78. The van der Waals surface area contributed by atoms with Gasteiger partial charge in [-0.1, -0.05) is 103 Å². The Bertz CT molecular complexity index is 2230. The van der Waals surface area contributed by atoms with Crippen LogP contribution in [0.5, 0.6) is 0 Å². The van der Waals surface area contributed by atoms with E-state index in [1.54, 1.807) is 0 Å². The Morgan fingerprint density at radius 1 is 0.930 bits per heavy atom. The van der Waals surface area contributed by atoms with Crippen LogP contribution in [-0.4, -0.2) is 86.1 Å². The van der Waals surface area contributed by atoms with E-state index in [-0.39, 0.29) is 17.9 Å². The molecule has 3 heterocycles. The Balaban J connectivity index is 1.00. The average Bonchev–Trinajstić information content (AvgIpc) is 4.03. The highest BCUT2D eigenvalue weighted by Gasteiger charge is 2.36. The number of rotatable bonds is 15. The third-order valence-corrected chi connectivity index (χ3v) is 11.2. The van der Waals surface area contributed by atoms with Crippen LogP contribution in [0.4, 0.5) is 0 Å². The minimum atomic E-state index is -0.750. The fourth-order valence-corrected chi connectivity index (χ4v) is 8.21. The van der Waals surface area contributed by atoms with Crippen molar-refractivity contribution in [3.8, 4) is 33.6 Å². The van der Waals surface area contributed by atoms with Crippen LogP contribution in [0.25, 0.3) is 33.6 Å². The second kappa shape index (κ2) is 18.0. The molecule has 12 heteroatoms. The summed E-state index contributed by atoms with van der Waals surface area (Å²) in [6, 6.07) is 24.6. The van der Waals surface area contributed by atoms with Gasteiger partial charge in [0, 0.05) is 18.1 Å². The van der Waals surface area contributed by atoms with E-state index in [4.69, 9.17) is 16.6 Å². The molecule has 0 radical (unpaired) electrons. The number of imidazole rings is 2. The minimum Gasteiger partial charge on any atom is -0.343 e. The lowest BCUT2D eigenvalue weighted by atomic mass is 9.95. The molecule has 0 spiro atoms. The van der Waals surface area contributed by atoms with Crippen molar-refractivity contribution in [1.82, 2.24) is 40.0 Å². The van der Waals surface area contributed by atoms with Crippen molar-refractivity contribution in [2.24, 2.45) is 0 Å². The van der Waals surface area contributed by atoms with Gasteiger partial charge in [0.1, 0.15) is 23.7 Å². The van der Waals surface area contributed by atoms with E-state index in [0.717, 1.165) is 88.5 Å². The summed E-state index contributed by atoms with van der Waals surface area (Å²) >= 11 is 6.58. The van der Waals surface area contributed by atoms with Gasteiger partial charge in [0.25, 0.3) is 0 Å². The molecule has 5 aromatic rings. The summed E-state index contributed by atoms with van der Waals surface area (Å²) in [7, 11) is 3.85. The Morgan fingerprint density at radius 3 is 2.21 bits per heavy atom. The Kier molecular flexibility index (Phi) is 12.5. The number of nitrogens with zero attached hydrogens (tertiary/aromatic N) is 5. The highest BCUT2D eigenvalue weighted by molar-refractivity contribution is 6.32. The first-order chi connectivity index (χ1) is 27.7. The zero-order chi connectivity index (χ0) is 39.9. The van der Waals surface area contributed by atoms with Crippen molar-refractivity contribution in [3.63, 3.8) is 0 Å². The van der Waals surface area contributed by atoms with Crippen LogP contribution in [0, 0.1) is 0 Å². The second-order valence-electron chi connectivity index (χ2n) is 14.8. The standard InChI is InChI=1S/C45H49ClN8O3/c1-4-24-53(45(57)42(52(2)3)35-13-8-9-14-36(35)46)28-40-47-26-37(50-40)32-20-16-30(17-21-32)31-18-22-33(23-19-31)38-27-48-43(51-38)39-15-10-25-54(39)44(56)41(49-29-55)34-11-6-5-7-12-34/h5-7,9,11-12,14,16-23,26-27,29,39,41-42H,4,8,10,13,15,24-25,28H2,1-3H3,(H,47,50)(H,48,51)(H,49,55). The number of amides is 3. The van der Waals surface area contributed by atoms with Gasteiger partial charge in [0.05, 0.1) is 36.4 Å². The zero-order valence-corrected chi connectivity index (χ0v) is 33.4. The summed E-state index contributed by atoms with van der Waals surface area (Å²) in [5, 5.41) is 3.37. The van der Waals surface area contributed by atoms with E-state index in [1.165, 1.54) is 0 Å². The number of carbonyl (C=O) groups excluding carboxylic acids is 3. The monoisotopic (exact) mass is 784 g/mol. The fraction of sp³-hybridized carbons (Fsp3) is 0.311. The lowest BCUT2D eigenvalue weighted by Gasteiger charge is -2.33. The summed E-state index contributed by atoms with van der Waals surface area (Å²) in [6.07, 6.45) is 12.3. The third kappa shape index (κ3) is 8.80. The van der Waals surface area contributed by atoms with Gasteiger partial charge in [-0.2, -0.15) is 0 Å². The maximum Gasteiger partial charge on any atom is 0.250 e. The lowest BCUT2D eigenvalue weighted by Crippen LogP contribution is -2.47. The highest BCUT2D eigenvalue weighted by atomic mass is 35.5. The van der Waals surface area contributed by atoms with E-state index < -0.39 is 12.1 Å². The lowest BCUT2D eigenvalue weighted by molar-refractivity contribution is -0.136. The summed E-state index contributed by atoms with van der Waals surface area (Å²) in [5.41, 5.74) is 7.61. The number of aromatic nitrogens is 4. The number of carbonyl (C=O) groups is 3. The van der Waals surface area contributed by atoms with Gasteiger partial charge in [0.2, 0.25) is 18.2 Å². The van der Waals surface area contributed by atoms with Crippen LogP contribution in [0.15, 0.2) is 114 Å². The fourth-order valence-electron chi connectivity index (χ4n) is 7.92. The van der Waals surface area contributed by atoms with E-state index >= 15 is 0 Å². The van der Waals surface area contributed by atoms with Gasteiger partial charge >= 0.3 is 0 Å². The molecule has 3 amide bonds. The molecule has 3 atom stereocenters. The minimum absolute atomic E-state index is 0.0286. The van der Waals surface area contributed by atoms with Gasteiger partial charge in [-0.15, -0.1) is 0 Å². The molecule has 1 aliphatic heterocycles. The molecule has 1 saturated heterocycles. The smallest absolute Gasteiger partial charge is 0.250 e. The maximum absolute atomic E-state index is 13.9. The van der Waals surface area contributed by atoms with Crippen LogP contribution < -0.4 is 5.32 Å². The SMILES string of the molecule is CCCN(Cc1ncc(-c2ccc(-c3ccc(-c4cnc(C5CCCN5C(=O)C(NC=O)c5ccccc5)[nH]4)cc3)cc2)[nH]1)C(=O)C(C1=C(Cl)C=CCC1)N(C)C. The van der Waals surface area contributed by atoms with Crippen molar-refractivity contribution in [2.45, 2.75) is 63.7 Å². The number of benzene rings is 3. The molecule has 11 nitrogen and oxygen atoms in total. The van der Waals surface area contributed by atoms with Crippen molar-refractivity contribution in [3.05, 3.63) is 131 Å². The number of hydrogen-bond donors (Lipinski definition) is 3. The molecule has 0 saturated carbocycles. The first-order valence-electron chi connectivity index (χ1n) is 19.6. The highest BCUT2D eigenvalue weighted by Crippen LogP contribution is 2.35. The summed E-state index contributed by atoms with van der Waals surface area (Å²) in [5.74, 6) is 1.35. The number of H-pyrrole nitrogens is 2. The molecular weight excluding hydrogens is 736 g/mol. The molecule has 3 unspecified atom stereocenters. The molecule has 0 bridgehead atoms. The molecule has 57 heavy (non-hydrogen) atoms. The summed E-state index contributed by atoms with van der Waals surface area (Å²) in [4.78, 5) is 61.0. The number of nitrogens with one attached hydrogen (secondary N) is 3. The number of halogens is 1. The van der Waals surface area contributed by atoms with Crippen LogP contribution in [0.2, 0.25) is 0 Å². The zero-order valence-electron chi connectivity index (χ0n) is 32.6. The molecule has 2 aromatic heterocycles. The van der Waals surface area contributed by atoms with Crippen LogP contribution >= 0.6 is 11.6 Å². The van der Waals surface area contributed by atoms with Crippen molar-refractivity contribution < 1.29 is 14.4 Å². The molecule has 7 rings (SSSR count). The molecule has 1 aliphatic carbocycles. The number of allylic oxidation sites excluding steroid dienone is 3. The molecule has 1 fully saturated rings. The van der Waals surface area contributed by atoms with E-state index in [0.29, 0.717) is 31.1 Å². The van der Waals surface area contributed by atoms with Gasteiger partial charge in [-0.3, -0.25) is 19.3 Å². The van der Waals surface area contributed by atoms with E-state index in [1.807, 2.05) is 77.6 Å². The summed E-state index contributed by atoms with van der Waals surface area (Å²) in [6.45, 7) is 3.67.